The Morgan fingerprint density at radius 2 is 1.89 bits per heavy atom. The lowest BCUT2D eigenvalue weighted by Gasteiger charge is -2.26. The number of rotatable bonds is 6. The molecule has 0 radical (unpaired) electrons. The number of hydrazone groups is 1. The maximum atomic E-state index is 5.46. The van der Waals surface area contributed by atoms with E-state index in [9.17, 15) is 0 Å². The summed E-state index contributed by atoms with van der Waals surface area (Å²) in [6.07, 6.45) is 1.67. The lowest BCUT2D eigenvalue weighted by Crippen LogP contribution is -2.37. The van der Waals surface area contributed by atoms with E-state index in [-0.39, 0.29) is 18.4 Å². The van der Waals surface area contributed by atoms with Gasteiger partial charge in [0.05, 0.1) is 37.2 Å². The van der Waals surface area contributed by atoms with Gasteiger partial charge >= 0.3 is 6.01 Å². The Bertz CT molecular complexity index is 836. The van der Waals surface area contributed by atoms with E-state index in [2.05, 4.69) is 70.7 Å². The molecule has 0 spiro atoms. The topological polar surface area (TPSA) is 94.0 Å². The number of benzene rings is 1. The molecule has 1 aromatic heterocycles. The zero-order valence-corrected chi connectivity index (χ0v) is 20.3. The first-order valence-corrected chi connectivity index (χ1v) is 10.2. The lowest BCUT2D eigenvalue weighted by atomic mass is 10.2. The summed E-state index contributed by atoms with van der Waals surface area (Å²) < 4.78 is 18.1. The van der Waals surface area contributed by atoms with Gasteiger partial charge in [0.25, 0.3) is 5.95 Å². The molecular weight excluding hydrogens is 613 g/mol. The largest absolute Gasteiger partial charge is 0.495 e. The summed E-state index contributed by atoms with van der Waals surface area (Å²) in [6, 6.07) is 4.25. The van der Waals surface area contributed by atoms with Gasteiger partial charge in [-0.3, -0.25) is 0 Å². The zero-order valence-electron chi connectivity index (χ0n) is 15.2. The number of hydrogen-bond acceptors (Lipinski definition) is 9. The Hall–Kier alpha value is -1.19. The maximum absolute atomic E-state index is 5.46. The predicted molar refractivity (Wildman–Crippen MR) is 126 cm³/mol. The van der Waals surface area contributed by atoms with E-state index in [1.54, 1.807) is 13.3 Å². The van der Waals surface area contributed by atoms with E-state index in [1.807, 2.05) is 17.0 Å². The van der Waals surface area contributed by atoms with E-state index in [1.165, 1.54) is 7.11 Å². The highest BCUT2D eigenvalue weighted by molar-refractivity contribution is 14.1. The van der Waals surface area contributed by atoms with E-state index < -0.39 is 0 Å². The fourth-order valence-electron chi connectivity index (χ4n) is 2.44. The van der Waals surface area contributed by atoms with Crippen LogP contribution >= 0.6 is 57.6 Å². The Labute approximate surface area is 196 Å². The number of nitrogens with zero attached hydrogens (tertiary/aromatic N) is 5. The Morgan fingerprint density at radius 1 is 1.14 bits per heavy atom. The van der Waals surface area contributed by atoms with Gasteiger partial charge in [-0.25, -0.2) is 5.43 Å². The lowest BCUT2D eigenvalue weighted by molar-refractivity contribution is 0.122. The summed E-state index contributed by atoms with van der Waals surface area (Å²) in [7, 11) is 3.16. The molecule has 1 aliphatic rings. The molecule has 28 heavy (non-hydrogen) atoms. The molecule has 9 nitrogen and oxygen atoms in total. The fourth-order valence-corrected chi connectivity index (χ4v) is 4.55. The van der Waals surface area contributed by atoms with Crippen molar-refractivity contribution in [1.29, 1.82) is 0 Å². The van der Waals surface area contributed by atoms with Gasteiger partial charge < -0.3 is 19.1 Å². The van der Waals surface area contributed by atoms with E-state index in [4.69, 9.17) is 14.2 Å². The maximum Gasteiger partial charge on any atom is 0.322 e. The molecule has 1 aliphatic heterocycles. The van der Waals surface area contributed by atoms with Crippen LogP contribution in [-0.4, -0.2) is 61.7 Å². The van der Waals surface area contributed by atoms with Gasteiger partial charge in [0.1, 0.15) is 5.75 Å². The van der Waals surface area contributed by atoms with Crippen molar-refractivity contribution in [3.63, 3.8) is 0 Å². The van der Waals surface area contributed by atoms with Crippen molar-refractivity contribution >= 4 is 75.7 Å². The van der Waals surface area contributed by atoms with Gasteiger partial charge in [-0.05, 0) is 57.3 Å². The van der Waals surface area contributed by atoms with Crippen LogP contribution in [0.5, 0.6) is 11.8 Å². The minimum absolute atomic E-state index is 0. The highest BCUT2D eigenvalue weighted by Gasteiger charge is 2.16. The molecule has 0 saturated carbocycles. The van der Waals surface area contributed by atoms with Gasteiger partial charge in [0.15, 0.2) is 0 Å². The summed E-state index contributed by atoms with van der Waals surface area (Å²) in [5.74, 6) is 1.60. The second-order valence-corrected chi connectivity index (χ2v) is 7.83. The molecular formula is C16H19ClI2N6O3. The molecule has 0 unspecified atom stereocenters. The number of halogens is 3. The second-order valence-electron chi connectivity index (χ2n) is 5.43. The minimum Gasteiger partial charge on any atom is -0.495 e. The van der Waals surface area contributed by atoms with Crippen molar-refractivity contribution in [3.05, 3.63) is 24.8 Å². The number of hydrogen-bond donors (Lipinski definition) is 1. The van der Waals surface area contributed by atoms with E-state index in [0.717, 1.165) is 18.5 Å². The second kappa shape index (κ2) is 11.1. The average Bonchev–Trinajstić information content (AvgIpc) is 2.68. The number of methoxy groups -OCH3 is 2. The highest BCUT2D eigenvalue weighted by atomic mass is 127. The van der Waals surface area contributed by atoms with Gasteiger partial charge in [0.2, 0.25) is 5.95 Å². The SMILES string of the molecule is COc1nc(N/N=C/c2cc(I)cc(I)c2OC)nc(N2CCOCC2)n1.Cl. The molecule has 0 aliphatic carbocycles. The number of anilines is 2. The third-order valence-corrected chi connectivity index (χ3v) is 5.11. The molecule has 1 fully saturated rings. The fraction of sp³-hybridized carbons (Fsp3) is 0.375. The van der Waals surface area contributed by atoms with Gasteiger partial charge in [-0.15, -0.1) is 12.4 Å². The molecule has 2 heterocycles. The van der Waals surface area contributed by atoms with Crippen LogP contribution in [0.3, 0.4) is 0 Å². The van der Waals surface area contributed by atoms with Crippen molar-refractivity contribution in [3.8, 4) is 11.8 Å². The van der Waals surface area contributed by atoms with Crippen LogP contribution in [0.1, 0.15) is 5.56 Å². The Balaban J connectivity index is 0.00000280. The van der Waals surface area contributed by atoms with Crippen molar-refractivity contribution in [2.75, 3.05) is 50.8 Å². The highest BCUT2D eigenvalue weighted by Crippen LogP contribution is 2.27. The molecule has 1 N–H and O–H groups in total. The molecule has 2 aromatic rings. The van der Waals surface area contributed by atoms with E-state index >= 15 is 0 Å². The predicted octanol–water partition coefficient (Wildman–Crippen LogP) is 2.80. The summed E-state index contributed by atoms with van der Waals surface area (Å²) in [5.41, 5.74) is 3.70. The van der Waals surface area contributed by atoms with Crippen LogP contribution in [0.25, 0.3) is 0 Å². The Kier molecular flexibility index (Phi) is 9.17. The molecule has 0 amide bonds. The normalized spacial score (nSPS) is 13.9. The third kappa shape index (κ3) is 5.90. The average molecular weight is 633 g/mol. The zero-order chi connectivity index (χ0) is 19.2. The van der Waals surface area contributed by atoms with Crippen molar-refractivity contribution in [2.24, 2.45) is 5.10 Å². The van der Waals surface area contributed by atoms with Crippen molar-refractivity contribution < 1.29 is 14.2 Å². The first-order valence-electron chi connectivity index (χ1n) is 8.05. The van der Waals surface area contributed by atoms with Crippen molar-refractivity contribution in [1.82, 2.24) is 15.0 Å². The smallest absolute Gasteiger partial charge is 0.322 e. The number of morpholine rings is 1. The standard InChI is InChI=1S/C16H18I2N6O3.ClH/c1-25-13-10(7-11(17)8-12(13)18)9-19-23-14-20-15(22-16(21-14)26-2)24-3-5-27-6-4-24;/h7-9H,3-6H2,1-2H3,(H,20,21,22,23);1H/b19-9+;. The molecule has 1 aromatic carbocycles. The van der Waals surface area contributed by atoms with Crippen LogP contribution in [0.2, 0.25) is 0 Å². The Morgan fingerprint density at radius 3 is 2.57 bits per heavy atom. The quantitative estimate of drug-likeness (QED) is 0.296. The van der Waals surface area contributed by atoms with Crippen LogP contribution in [0.15, 0.2) is 17.2 Å². The van der Waals surface area contributed by atoms with Crippen LogP contribution in [-0.2, 0) is 4.74 Å². The van der Waals surface area contributed by atoms with Crippen LogP contribution in [0.4, 0.5) is 11.9 Å². The minimum atomic E-state index is 0. The summed E-state index contributed by atoms with van der Waals surface area (Å²) in [5, 5.41) is 4.25. The molecule has 0 bridgehead atoms. The first-order chi connectivity index (χ1) is 13.1. The molecule has 12 heteroatoms. The molecule has 152 valence electrons. The van der Waals surface area contributed by atoms with Crippen molar-refractivity contribution in [2.45, 2.75) is 0 Å². The van der Waals surface area contributed by atoms with Crippen LogP contribution < -0.4 is 19.8 Å². The van der Waals surface area contributed by atoms with Crippen LogP contribution in [0, 0.1) is 7.14 Å². The molecule has 1 saturated heterocycles. The molecule has 0 atom stereocenters. The molecule has 3 rings (SSSR count). The van der Waals surface area contributed by atoms with E-state index in [0.29, 0.717) is 38.2 Å². The van der Waals surface area contributed by atoms with Gasteiger partial charge in [-0.1, -0.05) is 0 Å². The van der Waals surface area contributed by atoms with Gasteiger partial charge in [-0.2, -0.15) is 20.1 Å². The summed E-state index contributed by atoms with van der Waals surface area (Å²) in [4.78, 5) is 14.9. The van der Waals surface area contributed by atoms with Gasteiger partial charge in [0, 0.05) is 22.2 Å². The summed E-state index contributed by atoms with van der Waals surface area (Å²) in [6.45, 7) is 2.71. The third-order valence-electron chi connectivity index (χ3n) is 3.69. The first kappa shape index (κ1) is 23.1. The monoisotopic (exact) mass is 632 g/mol. The number of ether oxygens (including phenoxy) is 3. The number of aromatic nitrogens is 3. The number of nitrogens with one attached hydrogen (secondary N) is 1. The summed E-state index contributed by atoms with van der Waals surface area (Å²) >= 11 is 4.49.